The molecule has 0 spiro atoms. The molecule has 2 aromatic rings. The summed E-state index contributed by atoms with van der Waals surface area (Å²) in [6, 6.07) is 9.68. The van der Waals surface area contributed by atoms with Crippen LogP contribution < -0.4 is 11.1 Å². The fourth-order valence-corrected chi connectivity index (χ4v) is 1.91. The van der Waals surface area contributed by atoms with E-state index in [4.69, 9.17) is 18.0 Å². The van der Waals surface area contributed by atoms with Gasteiger partial charge in [-0.25, -0.2) is 4.98 Å². The maximum Gasteiger partial charge on any atom is 0.136 e. The Balaban J connectivity index is 2.03. The minimum absolute atomic E-state index is 0.354. The number of aryl methyl sites for hydroxylation is 1. The zero-order valence-corrected chi connectivity index (χ0v) is 11.6. The van der Waals surface area contributed by atoms with Crippen molar-refractivity contribution in [3.05, 3.63) is 53.5 Å². The number of aromatic nitrogens is 2. The standard InChI is InChI=1S/C14H16N4S/c1-10-5-6-12(13(15)19)14(18-10)17-9-7-11-4-2-3-8-16-11/h2-6,8H,7,9H2,1H3,(H2,15,19)(H,17,18). The van der Waals surface area contributed by atoms with Crippen LogP contribution in [0, 0.1) is 6.92 Å². The molecule has 0 atom stereocenters. The number of rotatable bonds is 5. The molecule has 2 aromatic heterocycles. The molecule has 19 heavy (non-hydrogen) atoms. The van der Waals surface area contributed by atoms with Gasteiger partial charge in [-0.2, -0.15) is 0 Å². The first-order valence-corrected chi connectivity index (χ1v) is 6.49. The minimum atomic E-state index is 0.354. The van der Waals surface area contributed by atoms with Crippen molar-refractivity contribution >= 4 is 23.0 Å². The maximum atomic E-state index is 5.69. The van der Waals surface area contributed by atoms with Crippen LogP contribution >= 0.6 is 12.2 Å². The number of anilines is 1. The molecule has 2 rings (SSSR count). The Morgan fingerprint density at radius 2 is 2.16 bits per heavy atom. The summed E-state index contributed by atoms with van der Waals surface area (Å²) in [5.41, 5.74) is 8.44. The molecule has 4 nitrogen and oxygen atoms in total. The zero-order chi connectivity index (χ0) is 13.7. The molecule has 0 radical (unpaired) electrons. The van der Waals surface area contributed by atoms with E-state index in [1.165, 1.54) is 0 Å². The second kappa shape index (κ2) is 6.24. The van der Waals surface area contributed by atoms with E-state index in [0.29, 0.717) is 4.99 Å². The van der Waals surface area contributed by atoms with Gasteiger partial charge in [-0.15, -0.1) is 0 Å². The Kier molecular flexibility index (Phi) is 4.41. The van der Waals surface area contributed by atoms with Crippen LogP contribution in [0.4, 0.5) is 5.82 Å². The quantitative estimate of drug-likeness (QED) is 0.816. The maximum absolute atomic E-state index is 5.69. The summed E-state index contributed by atoms with van der Waals surface area (Å²) in [5.74, 6) is 0.739. The van der Waals surface area contributed by atoms with Gasteiger partial charge in [-0.3, -0.25) is 4.98 Å². The van der Waals surface area contributed by atoms with Gasteiger partial charge in [0.15, 0.2) is 0 Å². The highest BCUT2D eigenvalue weighted by Crippen LogP contribution is 2.13. The summed E-state index contributed by atoms with van der Waals surface area (Å²) in [5, 5.41) is 3.27. The molecule has 5 heteroatoms. The lowest BCUT2D eigenvalue weighted by Gasteiger charge is -2.10. The molecule has 0 unspecified atom stereocenters. The van der Waals surface area contributed by atoms with Crippen LogP contribution in [-0.2, 0) is 6.42 Å². The van der Waals surface area contributed by atoms with E-state index in [1.807, 2.05) is 37.3 Å². The molecule has 0 bridgehead atoms. The summed E-state index contributed by atoms with van der Waals surface area (Å²) in [4.78, 5) is 9.06. The van der Waals surface area contributed by atoms with E-state index in [2.05, 4.69) is 15.3 Å². The van der Waals surface area contributed by atoms with Gasteiger partial charge < -0.3 is 11.1 Å². The number of nitrogens with two attached hydrogens (primary N) is 1. The average Bonchev–Trinajstić information content (AvgIpc) is 2.39. The van der Waals surface area contributed by atoms with Gasteiger partial charge in [0.05, 0.1) is 5.56 Å². The highest BCUT2D eigenvalue weighted by Gasteiger charge is 2.06. The molecular formula is C14H16N4S. The first-order valence-electron chi connectivity index (χ1n) is 6.08. The first-order chi connectivity index (χ1) is 9.16. The van der Waals surface area contributed by atoms with Crippen molar-refractivity contribution in [2.24, 2.45) is 5.73 Å². The van der Waals surface area contributed by atoms with Crippen LogP contribution in [0.3, 0.4) is 0 Å². The van der Waals surface area contributed by atoms with E-state index in [9.17, 15) is 0 Å². The zero-order valence-electron chi connectivity index (χ0n) is 10.8. The van der Waals surface area contributed by atoms with Crippen molar-refractivity contribution in [3.8, 4) is 0 Å². The van der Waals surface area contributed by atoms with Crippen molar-refractivity contribution in [2.45, 2.75) is 13.3 Å². The second-order valence-corrected chi connectivity index (χ2v) is 4.65. The van der Waals surface area contributed by atoms with Crippen molar-refractivity contribution in [1.82, 2.24) is 9.97 Å². The lowest BCUT2D eigenvalue weighted by atomic mass is 10.2. The summed E-state index contributed by atoms with van der Waals surface area (Å²) in [6.07, 6.45) is 2.62. The molecule has 0 saturated carbocycles. The fraction of sp³-hybridized carbons (Fsp3) is 0.214. The van der Waals surface area contributed by atoms with Crippen LogP contribution in [0.1, 0.15) is 17.0 Å². The summed E-state index contributed by atoms with van der Waals surface area (Å²) < 4.78 is 0. The second-order valence-electron chi connectivity index (χ2n) is 4.21. The van der Waals surface area contributed by atoms with Gasteiger partial charge in [-0.05, 0) is 31.2 Å². The molecular weight excluding hydrogens is 256 g/mol. The minimum Gasteiger partial charge on any atom is -0.389 e. The number of pyridine rings is 2. The molecule has 3 N–H and O–H groups in total. The van der Waals surface area contributed by atoms with Crippen LogP contribution in [0.5, 0.6) is 0 Å². The summed E-state index contributed by atoms with van der Waals surface area (Å²) in [6.45, 7) is 2.68. The van der Waals surface area contributed by atoms with Crippen LogP contribution in [0.25, 0.3) is 0 Å². The molecule has 0 amide bonds. The molecule has 0 fully saturated rings. The molecule has 0 aliphatic heterocycles. The van der Waals surface area contributed by atoms with Crippen molar-refractivity contribution in [2.75, 3.05) is 11.9 Å². The molecule has 0 aliphatic rings. The van der Waals surface area contributed by atoms with Gasteiger partial charge in [0, 0.05) is 30.6 Å². The van der Waals surface area contributed by atoms with Crippen LogP contribution in [-0.4, -0.2) is 21.5 Å². The number of hydrogen-bond acceptors (Lipinski definition) is 4. The lowest BCUT2D eigenvalue weighted by molar-refractivity contribution is 0.951. The molecule has 0 saturated heterocycles. The Morgan fingerprint density at radius 1 is 1.32 bits per heavy atom. The van der Waals surface area contributed by atoms with Gasteiger partial charge >= 0.3 is 0 Å². The van der Waals surface area contributed by atoms with Crippen molar-refractivity contribution < 1.29 is 0 Å². The summed E-state index contributed by atoms with van der Waals surface area (Å²) >= 11 is 5.02. The largest absolute Gasteiger partial charge is 0.389 e. The Bertz CT molecular complexity index is 569. The van der Waals surface area contributed by atoms with Gasteiger partial charge in [0.1, 0.15) is 10.8 Å². The fourth-order valence-electron chi connectivity index (χ4n) is 1.75. The Labute approximate surface area is 118 Å². The summed E-state index contributed by atoms with van der Waals surface area (Å²) in [7, 11) is 0. The molecule has 2 heterocycles. The number of thiocarbonyl (C=S) groups is 1. The normalized spacial score (nSPS) is 10.2. The average molecular weight is 272 g/mol. The third-order valence-corrected chi connectivity index (χ3v) is 2.92. The molecule has 98 valence electrons. The predicted octanol–water partition coefficient (Wildman–Crippen LogP) is 2.07. The molecule has 0 aromatic carbocycles. The third-order valence-electron chi connectivity index (χ3n) is 2.70. The first kappa shape index (κ1) is 13.4. The predicted molar refractivity (Wildman–Crippen MR) is 81.3 cm³/mol. The van der Waals surface area contributed by atoms with E-state index in [1.54, 1.807) is 6.20 Å². The van der Waals surface area contributed by atoms with Gasteiger partial charge in [-0.1, -0.05) is 18.3 Å². The van der Waals surface area contributed by atoms with E-state index >= 15 is 0 Å². The Hall–Kier alpha value is -2.01. The SMILES string of the molecule is Cc1ccc(C(N)=S)c(NCCc2ccccn2)n1. The van der Waals surface area contributed by atoms with E-state index < -0.39 is 0 Å². The Morgan fingerprint density at radius 3 is 2.84 bits per heavy atom. The number of nitrogens with one attached hydrogen (secondary N) is 1. The van der Waals surface area contributed by atoms with E-state index in [0.717, 1.165) is 35.7 Å². The monoisotopic (exact) mass is 272 g/mol. The smallest absolute Gasteiger partial charge is 0.136 e. The van der Waals surface area contributed by atoms with Gasteiger partial charge in [0.25, 0.3) is 0 Å². The highest BCUT2D eigenvalue weighted by molar-refractivity contribution is 7.80. The van der Waals surface area contributed by atoms with Crippen LogP contribution in [0.15, 0.2) is 36.5 Å². The van der Waals surface area contributed by atoms with Crippen molar-refractivity contribution in [1.29, 1.82) is 0 Å². The van der Waals surface area contributed by atoms with Gasteiger partial charge in [0.2, 0.25) is 0 Å². The lowest BCUT2D eigenvalue weighted by Crippen LogP contribution is -2.16. The van der Waals surface area contributed by atoms with Crippen molar-refractivity contribution in [3.63, 3.8) is 0 Å². The third kappa shape index (κ3) is 3.72. The van der Waals surface area contributed by atoms with Crippen LogP contribution in [0.2, 0.25) is 0 Å². The van der Waals surface area contributed by atoms with E-state index in [-0.39, 0.29) is 0 Å². The number of hydrogen-bond donors (Lipinski definition) is 2. The molecule has 0 aliphatic carbocycles. The topological polar surface area (TPSA) is 63.8 Å². The highest BCUT2D eigenvalue weighted by atomic mass is 32.1. The number of nitrogens with zero attached hydrogens (tertiary/aromatic N) is 2.